The quantitative estimate of drug-likeness (QED) is 0.692. The third-order valence-corrected chi connectivity index (χ3v) is 2.96. The number of hydrogen-bond acceptors (Lipinski definition) is 2. The molecule has 0 bridgehead atoms. The molecule has 2 aromatic rings. The van der Waals surface area contributed by atoms with Crippen LogP contribution >= 0.6 is 15.9 Å². The molecule has 0 spiro atoms. The number of alkyl halides is 1. The van der Waals surface area contributed by atoms with Crippen LogP contribution in [0.15, 0.2) is 24.4 Å². The third-order valence-electron chi connectivity index (χ3n) is 2.45. The van der Waals surface area contributed by atoms with Gasteiger partial charge in [-0.05, 0) is 26.0 Å². The predicted molar refractivity (Wildman–Crippen MR) is 72.2 cm³/mol. The van der Waals surface area contributed by atoms with Crippen LogP contribution in [0.2, 0.25) is 0 Å². The summed E-state index contributed by atoms with van der Waals surface area (Å²) in [5.41, 5.74) is 1.60. The average Bonchev–Trinajstić information content (AvgIpc) is 2.72. The number of fused-ring (bicyclic) bond motifs is 1. The molecule has 1 N–H and O–H groups in total. The molecule has 0 atom stereocenters. The van der Waals surface area contributed by atoms with Gasteiger partial charge in [-0.2, -0.15) is 0 Å². The smallest absolute Gasteiger partial charge is 0.175 e. The zero-order valence-corrected chi connectivity index (χ0v) is 11.4. The van der Waals surface area contributed by atoms with Crippen LogP contribution in [0.25, 0.3) is 10.9 Å². The number of ether oxygens (including phenoxy) is 1. The van der Waals surface area contributed by atoms with Gasteiger partial charge in [-0.3, -0.25) is 4.79 Å². The van der Waals surface area contributed by atoms with Crippen LogP contribution in [0.4, 0.5) is 0 Å². The van der Waals surface area contributed by atoms with E-state index in [-0.39, 0.29) is 11.9 Å². The van der Waals surface area contributed by atoms with Crippen molar-refractivity contribution in [1.82, 2.24) is 4.98 Å². The molecule has 0 aliphatic rings. The second-order valence-corrected chi connectivity index (χ2v) is 4.67. The summed E-state index contributed by atoms with van der Waals surface area (Å²) in [5.74, 6) is 0.805. The van der Waals surface area contributed by atoms with Gasteiger partial charge in [-0.25, -0.2) is 0 Å². The lowest BCUT2D eigenvalue weighted by Gasteiger charge is -2.11. The minimum Gasteiger partial charge on any atom is -0.490 e. The molecule has 0 unspecified atom stereocenters. The van der Waals surface area contributed by atoms with Crippen molar-refractivity contribution in [3.8, 4) is 5.75 Å². The average molecular weight is 296 g/mol. The summed E-state index contributed by atoms with van der Waals surface area (Å²) in [6.07, 6.45) is 1.82. The summed E-state index contributed by atoms with van der Waals surface area (Å²) in [6, 6.07) is 5.74. The molecule has 1 heterocycles. The number of rotatable bonds is 4. The minimum absolute atomic E-state index is 0.0519. The van der Waals surface area contributed by atoms with Gasteiger partial charge >= 0.3 is 0 Å². The minimum atomic E-state index is 0.0519. The van der Waals surface area contributed by atoms with Gasteiger partial charge in [0.05, 0.1) is 16.8 Å². The molecule has 0 fully saturated rings. The molecule has 0 saturated heterocycles. The Kier molecular flexibility index (Phi) is 3.52. The Balaban J connectivity index is 2.59. The number of H-pyrrole nitrogens is 1. The van der Waals surface area contributed by atoms with E-state index in [1.807, 2.05) is 32.0 Å². The van der Waals surface area contributed by atoms with Crippen molar-refractivity contribution >= 4 is 32.6 Å². The number of carbonyl (C=O) groups is 1. The molecule has 0 aliphatic carbocycles. The van der Waals surface area contributed by atoms with E-state index in [1.165, 1.54) is 0 Å². The van der Waals surface area contributed by atoms with Crippen molar-refractivity contribution in [3.63, 3.8) is 0 Å². The van der Waals surface area contributed by atoms with Crippen LogP contribution < -0.4 is 4.74 Å². The number of aromatic amines is 1. The van der Waals surface area contributed by atoms with E-state index in [4.69, 9.17) is 4.74 Å². The lowest BCUT2D eigenvalue weighted by Crippen LogP contribution is -2.07. The van der Waals surface area contributed by atoms with Crippen LogP contribution in [-0.4, -0.2) is 22.2 Å². The number of Topliss-reactive ketones (excluding diaryl/α,β-unsaturated/α-hetero) is 1. The second kappa shape index (κ2) is 4.92. The molecule has 17 heavy (non-hydrogen) atoms. The molecule has 1 aromatic carbocycles. The molecule has 2 rings (SSSR count). The lowest BCUT2D eigenvalue weighted by molar-refractivity contribution is 0.102. The fraction of sp³-hybridized carbons (Fsp3) is 0.308. The third kappa shape index (κ3) is 2.36. The Labute approximate surface area is 108 Å². The zero-order valence-electron chi connectivity index (χ0n) is 9.79. The molecule has 0 amide bonds. The van der Waals surface area contributed by atoms with E-state index in [2.05, 4.69) is 20.9 Å². The van der Waals surface area contributed by atoms with Gasteiger partial charge < -0.3 is 9.72 Å². The predicted octanol–water partition coefficient (Wildman–Crippen LogP) is 3.53. The van der Waals surface area contributed by atoms with Crippen molar-refractivity contribution < 1.29 is 9.53 Å². The van der Waals surface area contributed by atoms with Crippen LogP contribution in [0.5, 0.6) is 5.75 Å². The molecule has 90 valence electrons. The van der Waals surface area contributed by atoms with Gasteiger partial charge in [0.25, 0.3) is 0 Å². The van der Waals surface area contributed by atoms with Gasteiger partial charge in [-0.15, -0.1) is 0 Å². The van der Waals surface area contributed by atoms with E-state index >= 15 is 0 Å². The first-order valence-corrected chi connectivity index (χ1v) is 6.61. The van der Waals surface area contributed by atoms with E-state index < -0.39 is 0 Å². The van der Waals surface area contributed by atoms with Crippen molar-refractivity contribution in [2.45, 2.75) is 20.0 Å². The highest BCUT2D eigenvalue weighted by Gasteiger charge is 2.15. The Morgan fingerprint density at radius 1 is 1.47 bits per heavy atom. The maximum Gasteiger partial charge on any atom is 0.175 e. The molecule has 0 saturated carbocycles. The van der Waals surface area contributed by atoms with Gasteiger partial charge in [0.2, 0.25) is 0 Å². The van der Waals surface area contributed by atoms with Crippen LogP contribution in [0.3, 0.4) is 0 Å². The summed E-state index contributed by atoms with van der Waals surface area (Å²) in [7, 11) is 0. The lowest BCUT2D eigenvalue weighted by atomic mass is 10.1. The highest BCUT2D eigenvalue weighted by Crippen LogP contribution is 2.30. The Morgan fingerprint density at radius 3 is 2.88 bits per heavy atom. The summed E-state index contributed by atoms with van der Waals surface area (Å²) >= 11 is 3.19. The summed E-state index contributed by atoms with van der Waals surface area (Å²) in [5, 5.41) is 1.18. The fourth-order valence-electron chi connectivity index (χ4n) is 1.80. The van der Waals surface area contributed by atoms with Crippen molar-refractivity contribution in [3.05, 3.63) is 30.0 Å². The normalized spacial score (nSPS) is 11.1. The number of halogens is 1. The standard InChI is InChI=1S/C13H14BrNO2/c1-8(2)17-12-5-3-4-10-13(12)9(7-15-10)11(16)6-14/h3-5,7-8,15H,6H2,1-2H3. The molecule has 4 heteroatoms. The number of carbonyl (C=O) groups excluding carboxylic acids is 1. The molecule has 0 radical (unpaired) electrons. The number of benzene rings is 1. The number of nitrogens with one attached hydrogen (secondary N) is 1. The summed E-state index contributed by atoms with van der Waals surface area (Å²) in [4.78, 5) is 14.9. The van der Waals surface area contributed by atoms with Gasteiger partial charge in [-0.1, -0.05) is 22.0 Å². The first-order chi connectivity index (χ1) is 8.13. The first-order valence-electron chi connectivity index (χ1n) is 5.49. The number of ketones is 1. The summed E-state index contributed by atoms with van der Waals surface area (Å²) < 4.78 is 5.73. The molecule has 1 aromatic heterocycles. The number of hydrogen-bond donors (Lipinski definition) is 1. The fourth-order valence-corrected chi connectivity index (χ4v) is 2.10. The van der Waals surface area contributed by atoms with E-state index in [9.17, 15) is 4.79 Å². The maximum atomic E-state index is 11.8. The van der Waals surface area contributed by atoms with Crippen LogP contribution in [0, 0.1) is 0 Å². The monoisotopic (exact) mass is 295 g/mol. The topological polar surface area (TPSA) is 42.1 Å². The van der Waals surface area contributed by atoms with Crippen LogP contribution in [-0.2, 0) is 0 Å². The van der Waals surface area contributed by atoms with Gasteiger partial charge in [0, 0.05) is 17.3 Å². The zero-order chi connectivity index (χ0) is 12.4. The Morgan fingerprint density at radius 2 is 2.24 bits per heavy atom. The van der Waals surface area contributed by atoms with Gasteiger partial charge in [0.1, 0.15) is 5.75 Å². The van der Waals surface area contributed by atoms with E-state index in [1.54, 1.807) is 6.20 Å². The van der Waals surface area contributed by atoms with E-state index in [0.29, 0.717) is 10.9 Å². The Bertz CT molecular complexity index is 545. The van der Waals surface area contributed by atoms with Crippen molar-refractivity contribution in [2.24, 2.45) is 0 Å². The SMILES string of the molecule is CC(C)Oc1cccc2[nH]cc(C(=O)CBr)c12. The summed E-state index contributed by atoms with van der Waals surface area (Å²) in [6.45, 7) is 3.94. The number of aromatic nitrogens is 1. The van der Waals surface area contributed by atoms with Crippen molar-refractivity contribution in [1.29, 1.82) is 0 Å². The molecular formula is C13H14BrNO2. The largest absolute Gasteiger partial charge is 0.490 e. The molecule has 3 nitrogen and oxygen atoms in total. The Hall–Kier alpha value is -1.29. The van der Waals surface area contributed by atoms with Crippen LogP contribution in [0.1, 0.15) is 24.2 Å². The van der Waals surface area contributed by atoms with Gasteiger partial charge in [0.15, 0.2) is 5.78 Å². The highest BCUT2D eigenvalue weighted by molar-refractivity contribution is 9.09. The second-order valence-electron chi connectivity index (χ2n) is 4.10. The highest BCUT2D eigenvalue weighted by atomic mass is 79.9. The van der Waals surface area contributed by atoms with Crippen molar-refractivity contribution in [2.75, 3.05) is 5.33 Å². The maximum absolute atomic E-state index is 11.8. The van der Waals surface area contributed by atoms with E-state index in [0.717, 1.165) is 16.7 Å². The molecule has 0 aliphatic heterocycles. The first kappa shape index (κ1) is 12.2. The molecular weight excluding hydrogens is 282 g/mol.